The Morgan fingerprint density at radius 2 is 2.00 bits per heavy atom. The zero-order chi connectivity index (χ0) is 16.5. The van der Waals surface area contributed by atoms with Crippen LogP contribution < -0.4 is 15.0 Å². The van der Waals surface area contributed by atoms with Gasteiger partial charge in [0.1, 0.15) is 18.2 Å². The second kappa shape index (κ2) is 6.44. The molecule has 0 radical (unpaired) electrons. The van der Waals surface area contributed by atoms with Crippen LogP contribution >= 0.6 is 0 Å². The van der Waals surface area contributed by atoms with Gasteiger partial charge in [-0.3, -0.25) is 0 Å². The molecule has 1 saturated heterocycles. The van der Waals surface area contributed by atoms with Crippen LogP contribution in [-0.2, 0) is 6.54 Å². The molecule has 2 aromatic rings. The van der Waals surface area contributed by atoms with Crippen LogP contribution in [0.25, 0.3) is 0 Å². The normalized spacial score (nSPS) is 19.4. The average Bonchev–Trinajstić information content (AvgIpc) is 3.27. The Hall–Kier alpha value is -2.07. The molecule has 2 aliphatic heterocycles. The highest BCUT2D eigenvalue weighted by molar-refractivity contribution is 5.49. The molecule has 0 amide bonds. The van der Waals surface area contributed by atoms with Gasteiger partial charge in [-0.2, -0.15) is 0 Å². The van der Waals surface area contributed by atoms with E-state index < -0.39 is 0 Å². The molecule has 4 nitrogen and oxygen atoms in total. The third kappa shape index (κ3) is 2.86. The number of fused-ring (bicyclic) bond motifs is 1. The van der Waals surface area contributed by atoms with E-state index in [0.29, 0.717) is 6.61 Å². The van der Waals surface area contributed by atoms with Gasteiger partial charge in [-0.1, -0.05) is 18.2 Å². The molecule has 0 spiro atoms. The van der Waals surface area contributed by atoms with E-state index in [-0.39, 0.29) is 6.04 Å². The van der Waals surface area contributed by atoms with Gasteiger partial charge < -0.3 is 15.0 Å². The maximum atomic E-state index is 5.91. The lowest BCUT2D eigenvalue weighted by Gasteiger charge is -2.17. The number of anilines is 1. The highest BCUT2D eigenvalue weighted by Crippen LogP contribution is 2.36. The van der Waals surface area contributed by atoms with Crippen LogP contribution in [0, 0.1) is 13.8 Å². The standard InChI is InChI=1S/C20H25N3O/c1-14-5-7-17-18(13-24-20(17)15(14)2)21-11-16-6-8-19(22-12-16)23-9-3-4-10-23/h5-8,12,18,21H,3-4,9-11,13H2,1-2H3. The number of ether oxygens (including phenoxy) is 1. The number of pyridine rings is 1. The monoisotopic (exact) mass is 323 g/mol. The number of aryl methyl sites for hydroxylation is 1. The minimum absolute atomic E-state index is 0.262. The van der Waals surface area contributed by atoms with Crippen LogP contribution in [-0.4, -0.2) is 24.7 Å². The van der Waals surface area contributed by atoms with Gasteiger partial charge in [-0.25, -0.2) is 4.98 Å². The Bertz CT molecular complexity index is 720. The van der Waals surface area contributed by atoms with Crippen LogP contribution in [0.4, 0.5) is 5.82 Å². The first kappa shape index (κ1) is 15.5. The number of hydrogen-bond acceptors (Lipinski definition) is 4. The quantitative estimate of drug-likeness (QED) is 0.934. The molecule has 1 aromatic carbocycles. The van der Waals surface area contributed by atoms with E-state index in [1.807, 2.05) is 6.20 Å². The van der Waals surface area contributed by atoms with Gasteiger partial charge in [0.25, 0.3) is 0 Å². The predicted octanol–water partition coefficient (Wildman–Crippen LogP) is 3.52. The van der Waals surface area contributed by atoms with Crippen LogP contribution in [0.3, 0.4) is 0 Å². The minimum Gasteiger partial charge on any atom is -0.491 e. The molecule has 1 aromatic heterocycles. The Morgan fingerprint density at radius 3 is 2.75 bits per heavy atom. The number of nitrogens with zero attached hydrogens (tertiary/aromatic N) is 2. The molecule has 4 rings (SSSR count). The van der Waals surface area contributed by atoms with Crippen molar-refractivity contribution in [2.75, 3.05) is 24.6 Å². The number of nitrogens with one attached hydrogen (secondary N) is 1. The Balaban J connectivity index is 1.40. The second-order valence-corrected chi connectivity index (χ2v) is 6.89. The lowest BCUT2D eigenvalue weighted by molar-refractivity contribution is 0.309. The first-order chi connectivity index (χ1) is 11.7. The number of aromatic nitrogens is 1. The smallest absolute Gasteiger partial charge is 0.128 e. The maximum Gasteiger partial charge on any atom is 0.128 e. The van der Waals surface area contributed by atoms with Gasteiger partial charge in [0.15, 0.2) is 0 Å². The Morgan fingerprint density at radius 1 is 1.17 bits per heavy atom. The van der Waals surface area contributed by atoms with Crippen LogP contribution in [0.1, 0.15) is 41.1 Å². The lowest BCUT2D eigenvalue weighted by atomic mass is 10.0. The van der Waals surface area contributed by atoms with E-state index in [9.17, 15) is 0 Å². The van der Waals surface area contributed by atoms with E-state index in [1.54, 1.807) is 0 Å². The highest BCUT2D eigenvalue weighted by atomic mass is 16.5. The summed E-state index contributed by atoms with van der Waals surface area (Å²) < 4.78 is 5.91. The largest absolute Gasteiger partial charge is 0.491 e. The summed E-state index contributed by atoms with van der Waals surface area (Å²) in [7, 11) is 0. The summed E-state index contributed by atoms with van der Waals surface area (Å²) in [5.41, 5.74) is 5.04. The molecule has 0 saturated carbocycles. The Labute approximate surface area is 143 Å². The molecule has 1 atom stereocenters. The molecular weight excluding hydrogens is 298 g/mol. The second-order valence-electron chi connectivity index (χ2n) is 6.89. The number of rotatable bonds is 4. The van der Waals surface area contributed by atoms with Crippen molar-refractivity contribution in [3.63, 3.8) is 0 Å². The average molecular weight is 323 g/mol. The van der Waals surface area contributed by atoms with Crippen molar-refractivity contribution in [2.24, 2.45) is 0 Å². The van der Waals surface area contributed by atoms with Crippen molar-refractivity contribution in [1.82, 2.24) is 10.3 Å². The van der Waals surface area contributed by atoms with Crippen molar-refractivity contribution < 1.29 is 4.74 Å². The van der Waals surface area contributed by atoms with Crippen LogP contribution in [0.15, 0.2) is 30.5 Å². The number of benzene rings is 1. The van der Waals surface area contributed by atoms with Crippen LogP contribution in [0.5, 0.6) is 5.75 Å². The molecular formula is C20H25N3O. The first-order valence-electron chi connectivity index (χ1n) is 8.88. The van der Waals surface area contributed by atoms with E-state index in [4.69, 9.17) is 4.74 Å². The molecule has 4 heteroatoms. The molecule has 1 unspecified atom stereocenters. The van der Waals surface area contributed by atoms with Gasteiger partial charge in [-0.05, 0) is 49.4 Å². The van der Waals surface area contributed by atoms with E-state index in [1.165, 1.54) is 35.1 Å². The summed E-state index contributed by atoms with van der Waals surface area (Å²) in [6.07, 6.45) is 4.56. The molecule has 126 valence electrons. The van der Waals surface area contributed by atoms with Gasteiger partial charge in [0, 0.05) is 31.4 Å². The molecule has 1 fully saturated rings. The van der Waals surface area contributed by atoms with Crippen LogP contribution in [0.2, 0.25) is 0 Å². The highest BCUT2D eigenvalue weighted by Gasteiger charge is 2.25. The Kier molecular flexibility index (Phi) is 4.15. The molecule has 0 bridgehead atoms. The van der Waals surface area contributed by atoms with Crippen molar-refractivity contribution in [3.05, 3.63) is 52.7 Å². The third-order valence-corrected chi connectivity index (χ3v) is 5.27. The summed E-state index contributed by atoms with van der Waals surface area (Å²) >= 11 is 0. The summed E-state index contributed by atoms with van der Waals surface area (Å²) in [6, 6.07) is 8.97. The SMILES string of the molecule is Cc1ccc2c(c1C)OCC2NCc1ccc(N2CCCC2)nc1. The molecule has 0 aliphatic carbocycles. The number of hydrogen-bond donors (Lipinski definition) is 1. The van der Waals surface area contributed by atoms with Gasteiger partial charge in [-0.15, -0.1) is 0 Å². The minimum atomic E-state index is 0.262. The fourth-order valence-corrected chi connectivity index (χ4v) is 3.60. The summed E-state index contributed by atoms with van der Waals surface area (Å²) in [5.74, 6) is 2.17. The fraction of sp³-hybridized carbons (Fsp3) is 0.450. The lowest BCUT2D eigenvalue weighted by Crippen LogP contribution is -2.22. The van der Waals surface area contributed by atoms with Crippen molar-refractivity contribution >= 4 is 5.82 Å². The van der Waals surface area contributed by atoms with E-state index in [0.717, 1.165) is 31.2 Å². The van der Waals surface area contributed by atoms with Crippen molar-refractivity contribution in [2.45, 2.75) is 39.3 Å². The third-order valence-electron chi connectivity index (χ3n) is 5.27. The molecule has 2 aliphatic rings. The van der Waals surface area contributed by atoms with E-state index >= 15 is 0 Å². The maximum absolute atomic E-state index is 5.91. The van der Waals surface area contributed by atoms with E-state index in [2.05, 4.69) is 53.3 Å². The van der Waals surface area contributed by atoms with Gasteiger partial charge in [0.2, 0.25) is 0 Å². The fourth-order valence-electron chi connectivity index (χ4n) is 3.60. The zero-order valence-corrected chi connectivity index (χ0v) is 14.5. The summed E-state index contributed by atoms with van der Waals surface area (Å²) in [6.45, 7) is 8.07. The summed E-state index contributed by atoms with van der Waals surface area (Å²) in [5, 5.41) is 3.61. The van der Waals surface area contributed by atoms with Crippen molar-refractivity contribution in [1.29, 1.82) is 0 Å². The van der Waals surface area contributed by atoms with Gasteiger partial charge in [0.05, 0.1) is 6.04 Å². The van der Waals surface area contributed by atoms with Gasteiger partial charge >= 0.3 is 0 Å². The zero-order valence-electron chi connectivity index (χ0n) is 14.5. The molecule has 3 heterocycles. The summed E-state index contributed by atoms with van der Waals surface area (Å²) in [4.78, 5) is 7.00. The first-order valence-corrected chi connectivity index (χ1v) is 8.88. The molecule has 24 heavy (non-hydrogen) atoms. The predicted molar refractivity (Wildman–Crippen MR) is 96.7 cm³/mol. The topological polar surface area (TPSA) is 37.4 Å². The van der Waals surface area contributed by atoms with Crippen molar-refractivity contribution in [3.8, 4) is 5.75 Å². The molecule has 1 N–H and O–H groups in total.